The fourth-order valence-electron chi connectivity index (χ4n) is 2.21. The fourth-order valence-corrected chi connectivity index (χ4v) is 2.21. The van der Waals surface area contributed by atoms with E-state index in [1.807, 2.05) is 6.07 Å². The molecule has 18 heavy (non-hydrogen) atoms. The van der Waals surface area contributed by atoms with Crippen molar-refractivity contribution in [2.45, 2.75) is 12.8 Å². The first kappa shape index (κ1) is 13.3. The lowest BCUT2D eigenvalue weighted by Gasteiger charge is -2.26. The van der Waals surface area contributed by atoms with Crippen LogP contribution in [0.1, 0.15) is 12.0 Å². The summed E-state index contributed by atoms with van der Waals surface area (Å²) in [4.78, 5) is 2.39. The molecule has 0 aromatic heterocycles. The molecule has 3 nitrogen and oxygen atoms in total. The van der Waals surface area contributed by atoms with Crippen molar-refractivity contribution in [2.24, 2.45) is 0 Å². The molecule has 1 heterocycles. The van der Waals surface area contributed by atoms with E-state index >= 15 is 0 Å². The Morgan fingerprint density at radius 1 is 1.28 bits per heavy atom. The quantitative estimate of drug-likeness (QED) is 0.802. The van der Waals surface area contributed by atoms with E-state index in [2.05, 4.69) is 4.90 Å². The highest BCUT2D eigenvalue weighted by atomic mass is 19.1. The molecule has 1 aromatic rings. The Morgan fingerprint density at radius 3 is 2.78 bits per heavy atom. The van der Waals surface area contributed by atoms with Gasteiger partial charge in [-0.2, -0.15) is 0 Å². The number of rotatable bonds is 5. The van der Waals surface area contributed by atoms with E-state index < -0.39 is 0 Å². The summed E-state index contributed by atoms with van der Waals surface area (Å²) in [6.07, 6.45) is 1.91. The fraction of sp³-hybridized carbons (Fsp3) is 0.571. The van der Waals surface area contributed by atoms with E-state index in [9.17, 15) is 4.39 Å². The molecule has 0 radical (unpaired) electrons. The van der Waals surface area contributed by atoms with Gasteiger partial charge in [-0.3, -0.25) is 4.90 Å². The maximum absolute atomic E-state index is 13.3. The van der Waals surface area contributed by atoms with E-state index in [0.29, 0.717) is 5.75 Å². The average Bonchev–Trinajstić information content (AvgIpc) is 2.39. The van der Waals surface area contributed by atoms with Gasteiger partial charge < -0.3 is 9.47 Å². The summed E-state index contributed by atoms with van der Waals surface area (Å²) < 4.78 is 23.7. The Labute approximate surface area is 107 Å². The summed E-state index contributed by atoms with van der Waals surface area (Å²) >= 11 is 0. The minimum Gasteiger partial charge on any atom is -0.497 e. The third-order valence-corrected chi connectivity index (χ3v) is 3.21. The summed E-state index contributed by atoms with van der Waals surface area (Å²) in [5.74, 6) is 0.368. The van der Waals surface area contributed by atoms with Crippen molar-refractivity contribution in [3.63, 3.8) is 0 Å². The van der Waals surface area contributed by atoms with Gasteiger partial charge in [-0.05, 0) is 37.1 Å². The van der Waals surface area contributed by atoms with Crippen LogP contribution < -0.4 is 4.74 Å². The van der Waals surface area contributed by atoms with Gasteiger partial charge >= 0.3 is 0 Å². The average molecular weight is 253 g/mol. The molecule has 1 aliphatic heterocycles. The van der Waals surface area contributed by atoms with Crippen LogP contribution in [0.4, 0.5) is 4.39 Å². The lowest BCUT2D eigenvalue weighted by molar-refractivity contribution is 0.0374. The number of aryl methyl sites for hydroxylation is 1. The van der Waals surface area contributed by atoms with Crippen LogP contribution >= 0.6 is 0 Å². The molecule has 0 spiro atoms. The van der Waals surface area contributed by atoms with Crippen molar-refractivity contribution in [1.82, 2.24) is 4.90 Å². The van der Waals surface area contributed by atoms with E-state index in [1.165, 1.54) is 6.07 Å². The number of ether oxygens (including phenoxy) is 2. The van der Waals surface area contributed by atoms with Crippen molar-refractivity contribution < 1.29 is 13.9 Å². The first-order chi connectivity index (χ1) is 8.78. The molecule has 0 atom stereocenters. The van der Waals surface area contributed by atoms with Gasteiger partial charge in [-0.15, -0.1) is 0 Å². The molecular weight excluding hydrogens is 233 g/mol. The molecule has 0 unspecified atom stereocenters. The van der Waals surface area contributed by atoms with Gasteiger partial charge in [-0.1, -0.05) is 0 Å². The van der Waals surface area contributed by atoms with Gasteiger partial charge in [0.2, 0.25) is 0 Å². The van der Waals surface area contributed by atoms with Crippen molar-refractivity contribution in [3.05, 3.63) is 29.6 Å². The largest absolute Gasteiger partial charge is 0.497 e. The zero-order chi connectivity index (χ0) is 12.8. The van der Waals surface area contributed by atoms with Crippen LogP contribution in [0, 0.1) is 5.82 Å². The van der Waals surface area contributed by atoms with Gasteiger partial charge in [-0.25, -0.2) is 4.39 Å². The Hall–Kier alpha value is -1.13. The van der Waals surface area contributed by atoms with Crippen LogP contribution in [0.2, 0.25) is 0 Å². The van der Waals surface area contributed by atoms with Crippen LogP contribution in [0.3, 0.4) is 0 Å². The molecule has 0 aliphatic carbocycles. The molecule has 0 N–H and O–H groups in total. The zero-order valence-corrected chi connectivity index (χ0v) is 10.8. The van der Waals surface area contributed by atoms with Crippen molar-refractivity contribution in [1.29, 1.82) is 0 Å². The van der Waals surface area contributed by atoms with Crippen molar-refractivity contribution in [3.8, 4) is 5.75 Å². The maximum Gasteiger partial charge on any atom is 0.127 e. The molecule has 1 aliphatic rings. The van der Waals surface area contributed by atoms with Crippen LogP contribution in [-0.2, 0) is 11.2 Å². The molecule has 1 saturated heterocycles. The Balaban J connectivity index is 1.80. The monoisotopic (exact) mass is 253 g/mol. The second-order valence-electron chi connectivity index (χ2n) is 4.56. The van der Waals surface area contributed by atoms with E-state index in [4.69, 9.17) is 9.47 Å². The van der Waals surface area contributed by atoms with Crippen molar-refractivity contribution in [2.75, 3.05) is 40.0 Å². The van der Waals surface area contributed by atoms with Crippen LogP contribution in [-0.4, -0.2) is 44.9 Å². The van der Waals surface area contributed by atoms with Gasteiger partial charge in [0, 0.05) is 19.2 Å². The Bertz CT molecular complexity index is 378. The second kappa shape index (κ2) is 6.71. The SMILES string of the molecule is COc1cc(F)cc(CCCN2CCOCC2)c1. The number of methoxy groups -OCH3 is 1. The summed E-state index contributed by atoms with van der Waals surface area (Å²) in [6.45, 7) is 4.71. The van der Waals surface area contributed by atoms with Crippen LogP contribution in [0.15, 0.2) is 18.2 Å². The first-order valence-electron chi connectivity index (χ1n) is 6.41. The molecule has 1 aromatic carbocycles. The lowest BCUT2D eigenvalue weighted by Crippen LogP contribution is -2.36. The van der Waals surface area contributed by atoms with Gasteiger partial charge in [0.15, 0.2) is 0 Å². The second-order valence-corrected chi connectivity index (χ2v) is 4.56. The molecule has 100 valence electrons. The summed E-state index contributed by atoms with van der Waals surface area (Å²) in [7, 11) is 1.56. The van der Waals surface area contributed by atoms with Crippen molar-refractivity contribution >= 4 is 0 Å². The molecule has 0 bridgehead atoms. The number of nitrogens with zero attached hydrogens (tertiary/aromatic N) is 1. The summed E-state index contributed by atoms with van der Waals surface area (Å²) in [5.41, 5.74) is 1.00. The number of halogens is 1. The number of morpholine rings is 1. The Kier molecular flexibility index (Phi) is 4.96. The third-order valence-electron chi connectivity index (χ3n) is 3.21. The van der Waals surface area contributed by atoms with E-state index in [0.717, 1.165) is 51.3 Å². The zero-order valence-electron chi connectivity index (χ0n) is 10.8. The topological polar surface area (TPSA) is 21.7 Å². The standard InChI is InChI=1S/C14H20FNO2/c1-17-14-10-12(9-13(15)11-14)3-2-4-16-5-7-18-8-6-16/h9-11H,2-8H2,1H3. The minimum atomic E-state index is -0.226. The summed E-state index contributed by atoms with van der Waals surface area (Å²) in [5, 5.41) is 0. The lowest BCUT2D eigenvalue weighted by atomic mass is 10.1. The highest BCUT2D eigenvalue weighted by Crippen LogP contribution is 2.17. The normalized spacial score (nSPS) is 16.8. The van der Waals surface area contributed by atoms with E-state index in [-0.39, 0.29) is 5.82 Å². The predicted octanol–water partition coefficient (Wildman–Crippen LogP) is 2.10. The molecule has 4 heteroatoms. The smallest absolute Gasteiger partial charge is 0.127 e. The van der Waals surface area contributed by atoms with Crippen LogP contribution in [0.25, 0.3) is 0 Å². The summed E-state index contributed by atoms with van der Waals surface area (Å²) in [6, 6.07) is 4.90. The maximum atomic E-state index is 13.3. The van der Waals surface area contributed by atoms with Gasteiger partial charge in [0.1, 0.15) is 11.6 Å². The number of hydrogen-bond acceptors (Lipinski definition) is 3. The minimum absolute atomic E-state index is 0.226. The molecule has 1 fully saturated rings. The molecule has 2 rings (SSSR count). The highest BCUT2D eigenvalue weighted by Gasteiger charge is 2.09. The molecule has 0 amide bonds. The highest BCUT2D eigenvalue weighted by molar-refractivity contribution is 5.29. The van der Waals surface area contributed by atoms with E-state index in [1.54, 1.807) is 13.2 Å². The predicted molar refractivity (Wildman–Crippen MR) is 68.5 cm³/mol. The number of benzene rings is 1. The Morgan fingerprint density at radius 2 is 2.06 bits per heavy atom. The third kappa shape index (κ3) is 3.96. The van der Waals surface area contributed by atoms with Crippen LogP contribution in [0.5, 0.6) is 5.75 Å². The molecular formula is C14H20FNO2. The molecule has 0 saturated carbocycles. The number of hydrogen-bond donors (Lipinski definition) is 0. The first-order valence-corrected chi connectivity index (χ1v) is 6.41. The van der Waals surface area contributed by atoms with Gasteiger partial charge in [0.25, 0.3) is 0 Å². The van der Waals surface area contributed by atoms with Gasteiger partial charge in [0.05, 0.1) is 20.3 Å².